The topological polar surface area (TPSA) is 37.3 Å². The van der Waals surface area contributed by atoms with Crippen molar-refractivity contribution in [2.24, 2.45) is 0 Å². The molecule has 0 aliphatic carbocycles. The third kappa shape index (κ3) is 3.50. The van der Waals surface area contributed by atoms with Crippen LogP contribution in [0, 0.1) is 5.82 Å². The van der Waals surface area contributed by atoms with Crippen LogP contribution in [0.3, 0.4) is 0 Å². The zero-order valence-corrected chi connectivity index (χ0v) is 11.8. The lowest BCUT2D eigenvalue weighted by Crippen LogP contribution is -2.14. The Labute approximate surface area is 125 Å². The SMILES string of the molecule is O=C(O)C(Cc1ccc(F)c(Cl)c1)c1ccc(Cl)cc1. The maximum absolute atomic E-state index is 13.1. The molecule has 2 rings (SSSR count). The van der Waals surface area contributed by atoms with Crippen molar-refractivity contribution in [3.63, 3.8) is 0 Å². The van der Waals surface area contributed by atoms with E-state index in [0.717, 1.165) is 0 Å². The summed E-state index contributed by atoms with van der Waals surface area (Å²) in [6.45, 7) is 0. The average molecular weight is 313 g/mol. The minimum atomic E-state index is -0.951. The predicted molar refractivity (Wildman–Crippen MR) is 76.9 cm³/mol. The molecule has 0 aliphatic rings. The van der Waals surface area contributed by atoms with Gasteiger partial charge in [0, 0.05) is 5.02 Å². The highest BCUT2D eigenvalue weighted by Gasteiger charge is 2.20. The molecule has 0 aromatic heterocycles. The maximum Gasteiger partial charge on any atom is 0.311 e. The van der Waals surface area contributed by atoms with E-state index < -0.39 is 17.7 Å². The molecule has 1 unspecified atom stereocenters. The van der Waals surface area contributed by atoms with Crippen molar-refractivity contribution in [2.45, 2.75) is 12.3 Å². The van der Waals surface area contributed by atoms with Gasteiger partial charge in [-0.05, 0) is 41.8 Å². The molecule has 104 valence electrons. The molecule has 2 nitrogen and oxygen atoms in total. The summed E-state index contributed by atoms with van der Waals surface area (Å²) in [5.41, 5.74) is 1.31. The van der Waals surface area contributed by atoms with Gasteiger partial charge in [-0.1, -0.05) is 41.4 Å². The van der Waals surface area contributed by atoms with E-state index in [4.69, 9.17) is 23.2 Å². The molecule has 1 N–H and O–H groups in total. The quantitative estimate of drug-likeness (QED) is 0.899. The Morgan fingerprint density at radius 2 is 1.80 bits per heavy atom. The van der Waals surface area contributed by atoms with Gasteiger partial charge in [-0.2, -0.15) is 0 Å². The first kappa shape index (κ1) is 14.8. The normalized spacial score (nSPS) is 12.2. The van der Waals surface area contributed by atoms with E-state index in [9.17, 15) is 14.3 Å². The van der Waals surface area contributed by atoms with Crippen molar-refractivity contribution in [2.75, 3.05) is 0 Å². The van der Waals surface area contributed by atoms with E-state index >= 15 is 0 Å². The number of benzene rings is 2. The number of carboxylic acids is 1. The Bertz CT molecular complexity index is 626. The van der Waals surface area contributed by atoms with Gasteiger partial charge in [0.15, 0.2) is 0 Å². The molecule has 5 heteroatoms. The van der Waals surface area contributed by atoms with Gasteiger partial charge in [0.2, 0.25) is 0 Å². The Morgan fingerprint density at radius 3 is 2.35 bits per heavy atom. The Balaban J connectivity index is 2.27. The summed E-state index contributed by atoms with van der Waals surface area (Å²) in [6.07, 6.45) is 0.233. The summed E-state index contributed by atoms with van der Waals surface area (Å²) in [4.78, 5) is 11.4. The van der Waals surface area contributed by atoms with Gasteiger partial charge in [-0.15, -0.1) is 0 Å². The molecule has 0 heterocycles. The summed E-state index contributed by atoms with van der Waals surface area (Å²) in [5, 5.41) is 9.87. The van der Waals surface area contributed by atoms with Crippen LogP contribution in [0.25, 0.3) is 0 Å². The maximum atomic E-state index is 13.1. The van der Waals surface area contributed by atoms with Crippen LogP contribution in [0.1, 0.15) is 17.0 Å². The lowest BCUT2D eigenvalue weighted by molar-refractivity contribution is -0.138. The number of halogens is 3. The number of hydrogen-bond acceptors (Lipinski definition) is 1. The molecule has 0 spiro atoms. The smallest absolute Gasteiger partial charge is 0.311 e. The first-order valence-corrected chi connectivity index (χ1v) is 6.65. The summed E-state index contributed by atoms with van der Waals surface area (Å²) in [7, 11) is 0. The number of rotatable bonds is 4. The van der Waals surface area contributed by atoms with Gasteiger partial charge in [-0.3, -0.25) is 4.79 Å². The predicted octanol–water partition coefficient (Wildman–Crippen LogP) is 4.54. The molecule has 20 heavy (non-hydrogen) atoms. The highest BCUT2D eigenvalue weighted by atomic mass is 35.5. The molecular weight excluding hydrogens is 302 g/mol. The second-order valence-electron chi connectivity index (χ2n) is 4.39. The fourth-order valence-corrected chi connectivity index (χ4v) is 2.27. The Kier molecular flexibility index (Phi) is 4.63. The molecule has 0 amide bonds. The highest BCUT2D eigenvalue weighted by Crippen LogP contribution is 2.25. The number of carbonyl (C=O) groups is 1. The van der Waals surface area contributed by atoms with E-state index in [-0.39, 0.29) is 11.4 Å². The number of carboxylic acid groups (broad SMARTS) is 1. The monoisotopic (exact) mass is 312 g/mol. The fraction of sp³-hybridized carbons (Fsp3) is 0.133. The molecule has 1 atom stereocenters. The van der Waals surface area contributed by atoms with E-state index in [0.29, 0.717) is 16.1 Å². The molecular formula is C15H11Cl2FO2. The van der Waals surface area contributed by atoms with Crippen molar-refractivity contribution >= 4 is 29.2 Å². The Hall–Kier alpha value is -1.58. The molecule has 0 radical (unpaired) electrons. The number of hydrogen-bond donors (Lipinski definition) is 1. The van der Waals surface area contributed by atoms with Crippen molar-refractivity contribution in [1.82, 2.24) is 0 Å². The van der Waals surface area contributed by atoms with Gasteiger partial charge < -0.3 is 5.11 Å². The van der Waals surface area contributed by atoms with Crippen LogP contribution in [-0.2, 0) is 11.2 Å². The Morgan fingerprint density at radius 1 is 1.15 bits per heavy atom. The average Bonchev–Trinajstić information content (AvgIpc) is 2.41. The number of aliphatic carboxylic acids is 1. The second-order valence-corrected chi connectivity index (χ2v) is 5.24. The van der Waals surface area contributed by atoms with Crippen LogP contribution < -0.4 is 0 Å². The second kappa shape index (κ2) is 6.25. The van der Waals surface area contributed by atoms with Crippen molar-refractivity contribution in [1.29, 1.82) is 0 Å². The standard InChI is InChI=1S/C15H11Cl2FO2/c16-11-4-2-10(3-5-11)12(15(19)20)7-9-1-6-14(18)13(17)8-9/h1-6,8,12H,7H2,(H,19,20). The van der Waals surface area contributed by atoms with Gasteiger partial charge in [0.25, 0.3) is 0 Å². The third-order valence-electron chi connectivity index (χ3n) is 2.99. The van der Waals surface area contributed by atoms with Crippen molar-refractivity contribution < 1.29 is 14.3 Å². The minimum absolute atomic E-state index is 0.0113. The lowest BCUT2D eigenvalue weighted by Gasteiger charge is -2.13. The van der Waals surface area contributed by atoms with E-state index in [1.54, 1.807) is 24.3 Å². The summed E-state index contributed by atoms with van der Waals surface area (Å²) < 4.78 is 13.1. The third-order valence-corrected chi connectivity index (χ3v) is 3.54. The van der Waals surface area contributed by atoms with Crippen LogP contribution in [0.15, 0.2) is 42.5 Å². The van der Waals surface area contributed by atoms with Crippen LogP contribution in [-0.4, -0.2) is 11.1 Å². The molecule has 0 saturated heterocycles. The molecule has 2 aromatic carbocycles. The first-order valence-electron chi connectivity index (χ1n) is 5.89. The van der Waals surface area contributed by atoms with Crippen LogP contribution in [0.4, 0.5) is 4.39 Å². The minimum Gasteiger partial charge on any atom is -0.481 e. The molecule has 0 fully saturated rings. The van der Waals surface area contributed by atoms with E-state index in [1.165, 1.54) is 18.2 Å². The zero-order valence-electron chi connectivity index (χ0n) is 10.3. The molecule has 0 saturated carbocycles. The highest BCUT2D eigenvalue weighted by molar-refractivity contribution is 6.31. The molecule has 0 aliphatic heterocycles. The van der Waals surface area contributed by atoms with Crippen LogP contribution >= 0.6 is 23.2 Å². The van der Waals surface area contributed by atoms with Crippen LogP contribution in [0.5, 0.6) is 0 Å². The summed E-state index contributed by atoms with van der Waals surface area (Å²) in [5.74, 6) is -2.20. The summed E-state index contributed by atoms with van der Waals surface area (Å²) >= 11 is 11.5. The lowest BCUT2D eigenvalue weighted by atomic mass is 9.92. The fourth-order valence-electron chi connectivity index (χ4n) is 1.95. The van der Waals surface area contributed by atoms with Gasteiger partial charge in [0.05, 0.1) is 10.9 Å². The van der Waals surface area contributed by atoms with Crippen LogP contribution in [0.2, 0.25) is 10.0 Å². The van der Waals surface area contributed by atoms with E-state index in [2.05, 4.69) is 0 Å². The zero-order chi connectivity index (χ0) is 14.7. The van der Waals surface area contributed by atoms with Gasteiger partial charge in [-0.25, -0.2) is 4.39 Å². The van der Waals surface area contributed by atoms with Gasteiger partial charge >= 0.3 is 5.97 Å². The van der Waals surface area contributed by atoms with Crippen molar-refractivity contribution in [3.8, 4) is 0 Å². The molecule has 0 bridgehead atoms. The summed E-state index contributed by atoms with van der Waals surface area (Å²) in [6, 6.07) is 10.8. The molecule has 2 aromatic rings. The first-order chi connectivity index (χ1) is 9.47. The van der Waals surface area contributed by atoms with E-state index in [1.807, 2.05) is 0 Å². The van der Waals surface area contributed by atoms with Gasteiger partial charge in [0.1, 0.15) is 5.82 Å². The largest absolute Gasteiger partial charge is 0.481 e. The van der Waals surface area contributed by atoms with Crippen molar-refractivity contribution in [3.05, 3.63) is 69.5 Å².